The van der Waals surface area contributed by atoms with Gasteiger partial charge in [0.2, 0.25) is 0 Å². The van der Waals surface area contributed by atoms with E-state index in [4.69, 9.17) is 32.7 Å². The van der Waals surface area contributed by atoms with Gasteiger partial charge in [0.15, 0.2) is 18.1 Å². The van der Waals surface area contributed by atoms with Crippen molar-refractivity contribution < 1.29 is 45.3 Å². The summed E-state index contributed by atoms with van der Waals surface area (Å²) in [6, 6.07) is 21.1. The van der Waals surface area contributed by atoms with Crippen molar-refractivity contribution in [1.29, 1.82) is 0 Å². The van der Waals surface area contributed by atoms with Crippen molar-refractivity contribution in [3.05, 3.63) is 101 Å². The maximum Gasteiger partial charge on any atom is 0.296 e. The van der Waals surface area contributed by atoms with E-state index in [0.717, 1.165) is 43.4 Å². The summed E-state index contributed by atoms with van der Waals surface area (Å²) in [5.74, 6) is -0.516. The van der Waals surface area contributed by atoms with Crippen LogP contribution in [0.1, 0.15) is 43.6 Å². The summed E-state index contributed by atoms with van der Waals surface area (Å²) in [6.45, 7) is -0.611. The number of anilines is 1. The quantitative estimate of drug-likeness (QED) is 0.0565. The van der Waals surface area contributed by atoms with Crippen LogP contribution in [-0.2, 0) is 25.0 Å². The van der Waals surface area contributed by atoms with Gasteiger partial charge in [-0.2, -0.15) is 16.8 Å². The fourth-order valence-corrected chi connectivity index (χ4v) is 7.94. The predicted octanol–water partition coefficient (Wildman–Crippen LogP) is 8.86. The van der Waals surface area contributed by atoms with Gasteiger partial charge in [0.1, 0.15) is 32.7 Å². The number of halogens is 2. The van der Waals surface area contributed by atoms with Gasteiger partial charge in [0, 0.05) is 69.5 Å². The number of rotatable bonds is 11. The molecule has 0 heterocycles. The first-order chi connectivity index (χ1) is 25.2. The van der Waals surface area contributed by atoms with E-state index in [1.807, 2.05) is 24.3 Å². The molecule has 278 valence electrons. The molecule has 1 saturated carbocycles. The summed E-state index contributed by atoms with van der Waals surface area (Å²) in [5.41, 5.74) is 0.113. The molecule has 4 N–H and O–H groups in total. The molecule has 55 heavy (non-hydrogen) atoms. The Hall–Kier alpha value is -2.77. The number of ether oxygens (including phenoxy) is 2. The molecular weight excluding hydrogens is 815 g/mol. The van der Waals surface area contributed by atoms with Crippen molar-refractivity contribution in [2.75, 3.05) is 11.9 Å². The van der Waals surface area contributed by atoms with Crippen molar-refractivity contribution in [2.45, 2.75) is 47.8 Å². The van der Waals surface area contributed by atoms with Crippen LogP contribution in [0.15, 0.2) is 105 Å². The van der Waals surface area contributed by atoms with Crippen LogP contribution in [0.3, 0.4) is 0 Å². The Morgan fingerprint density at radius 1 is 0.782 bits per heavy atom. The van der Waals surface area contributed by atoms with Crippen LogP contribution in [0.4, 0.5) is 17.1 Å². The van der Waals surface area contributed by atoms with E-state index in [-0.39, 0.29) is 87.0 Å². The molecule has 1 fully saturated rings. The first kappa shape index (κ1) is 44.9. The normalized spacial score (nSPS) is 13.5. The molecule has 5 aromatic carbocycles. The Morgan fingerprint density at radius 3 is 2.11 bits per heavy atom. The summed E-state index contributed by atoms with van der Waals surface area (Å²) in [7, 11) is -10.3. The third kappa shape index (κ3) is 10.8. The van der Waals surface area contributed by atoms with Gasteiger partial charge in [-0.15, -0.1) is 10.2 Å². The second kappa shape index (κ2) is 19.1. The summed E-state index contributed by atoms with van der Waals surface area (Å²) >= 11 is 12.0. The van der Waals surface area contributed by atoms with Crippen LogP contribution in [0.5, 0.6) is 23.0 Å². The van der Waals surface area contributed by atoms with Gasteiger partial charge in [-0.3, -0.25) is 13.9 Å². The molecule has 0 atom stereocenters. The van der Waals surface area contributed by atoms with Crippen molar-refractivity contribution in [3.8, 4) is 23.0 Å². The topological polar surface area (TPSA) is 201 Å². The fraction of sp³-hybridized carbons (Fsp3) is 0.194. The molecule has 0 saturated heterocycles. The molecular formula is C36H31Cl2N3Na2O10S2. The molecule has 13 nitrogen and oxygen atoms in total. The SMILES string of the molecule is O=C(COc1ccc(Cl)cc1Cl)Nc1ccc(S(=O)(=O)O)c2cc(S(=O)(=O)O)c(N=Nc3ccccc3Oc3ccccc3C3CCCCC3)c(O)c12.[Na].[Na]. The third-order valence-electron chi connectivity index (χ3n) is 8.56. The van der Waals surface area contributed by atoms with Crippen LogP contribution in [0.25, 0.3) is 10.8 Å². The van der Waals surface area contributed by atoms with Crippen molar-refractivity contribution in [2.24, 2.45) is 10.2 Å². The number of para-hydroxylation sites is 2. The molecule has 1 aliphatic rings. The number of carbonyl (C=O) groups excluding carboxylic acids is 1. The Labute approximate surface area is 371 Å². The number of amides is 1. The molecule has 0 bridgehead atoms. The minimum absolute atomic E-state index is 0. The van der Waals surface area contributed by atoms with Crippen molar-refractivity contribution in [3.63, 3.8) is 0 Å². The molecule has 0 spiro atoms. The summed E-state index contributed by atoms with van der Waals surface area (Å²) in [6.07, 6.45) is 5.44. The van der Waals surface area contributed by atoms with Gasteiger partial charge in [0.25, 0.3) is 26.1 Å². The van der Waals surface area contributed by atoms with Gasteiger partial charge in [-0.25, -0.2) is 0 Å². The number of fused-ring (bicyclic) bond motifs is 1. The number of hydrogen-bond donors (Lipinski definition) is 4. The minimum atomic E-state index is -5.22. The number of azo groups is 1. The van der Waals surface area contributed by atoms with Gasteiger partial charge in [-0.1, -0.05) is 72.8 Å². The molecule has 1 amide bonds. The van der Waals surface area contributed by atoms with Gasteiger partial charge in [-0.05, 0) is 78.9 Å². The second-order valence-electron chi connectivity index (χ2n) is 12.1. The van der Waals surface area contributed by atoms with Crippen LogP contribution in [-0.4, -0.2) is 103 Å². The number of carbonyl (C=O) groups is 1. The Morgan fingerprint density at radius 2 is 1.44 bits per heavy atom. The second-order valence-corrected chi connectivity index (χ2v) is 15.7. The zero-order valence-corrected chi connectivity index (χ0v) is 36.7. The monoisotopic (exact) mass is 845 g/mol. The number of benzene rings is 5. The smallest absolute Gasteiger partial charge is 0.296 e. The summed E-state index contributed by atoms with van der Waals surface area (Å²) in [5, 5.41) is 21.6. The molecule has 0 aliphatic heterocycles. The van der Waals surface area contributed by atoms with E-state index in [0.29, 0.717) is 22.8 Å². The summed E-state index contributed by atoms with van der Waals surface area (Å²) < 4.78 is 81.9. The Kier molecular flexibility index (Phi) is 15.6. The first-order valence-corrected chi connectivity index (χ1v) is 19.8. The van der Waals surface area contributed by atoms with Crippen LogP contribution in [0, 0.1) is 0 Å². The maximum atomic E-state index is 13.0. The number of nitrogens with zero attached hydrogens (tertiary/aromatic N) is 2. The molecule has 5 aromatic rings. The number of phenols is 1. The number of hydrogen-bond acceptors (Lipinski definition) is 10. The zero-order chi connectivity index (χ0) is 37.9. The van der Waals surface area contributed by atoms with Crippen LogP contribution in [0.2, 0.25) is 10.0 Å². The van der Waals surface area contributed by atoms with Gasteiger partial charge in [0.05, 0.1) is 16.1 Å². The molecule has 1 aliphatic carbocycles. The Balaban J connectivity index is 0.00000336. The molecule has 2 radical (unpaired) electrons. The zero-order valence-electron chi connectivity index (χ0n) is 29.6. The van der Waals surface area contributed by atoms with Crippen LogP contribution < -0.4 is 14.8 Å². The fourth-order valence-electron chi connectivity index (χ4n) is 6.15. The number of aromatic hydroxyl groups is 1. The van der Waals surface area contributed by atoms with E-state index in [1.54, 1.807) is 18.2 Å². The van der Waals surface area contributed by atoms with E-state index in [1.165, 1.54) is 30.7 Å². The van der Waals surface area contributed by atoms with Crippen molar-refractivity contribution >= 4 is 136 Å². The van der Waals surface area contributed by atoms with Gasteiger partial charge >= 0.3 is 0 Å². The maximum absolute atomic E-state index is 13.0. The molecule has 6 rings (SSSR count). The van der Waals surface area contributed by atoms with E-state index < -0.39 is 64.8 Å². The minimum Gasteiger partial charge on any atom is -0.505 e. The van der Waals surface area contributed by atoms with E-state index in [9.17, 15) is 35.8 Å². The third-order valence-corrected chi connectivity index (χ3v) is 10.9. The van der Waals surface area contributed by atoms with E-state index >= 15 is 0 Å². The molecule has 0 unspecified atom stereocenters. The predicted molar refractivity (Wildman–Crippen MR) is 210 cm³/mol. The van der Waals surface area contributed by atoms with E-state index in [2.05, 4.69) is 15.5 Å². The Bertz CT molecular complexity index is 2480. The molecule has 19 heteroatoms. The number of nitrogens with one attached hydrogen (secondary N) is 1. The van der Waals surface area contributed by atoms with Gasteiger partial charge < -0.3 is 19.9 Å². The molecule has 0 aromatic heterocycles. The summed E-state index contributed by atoms with van der Waals surface area (Å²) in [4.78, 5) is 11.1. The van der Waals surface area contributed by atoms with Crippen molar-refractivity contribution in [1.82, 2.24) is 0 Å². The largest absolute Gasteiger partial charge is 0.505 e. The standard InChI is InChI=1S/C36H31Cl2N3O10S2.2Na/c37-22-14-16-29(25(38)18-22)50-20-33(42)39-27-15-17-31(52(44,45)46)24-19-32(53(47,48)49)35(36(43)34(24)27)41-40-26-11-5-7-13-30(26)51-28-12-6-4-10-23(28)21-8-2-1-3-9-21;;/h4-7,10-19,21,43H,1-3,8-9,20H2,(H,39,42)(H,44,45,46)(H,47,48,49);;. The van der Waals surface area contributed by atoms with Crippen LogP contribution >= 0.6 is 23.2 Å². The first-order valence-electron chi connectivity index (χ1n) is 16.1. The average Bonchev–Trinajstić information content (AvgIpc) is 3.11. The average molecular weight is 847 g/mol. The number of phenolic OH excluding ortho intramolecular Hbond substituents is 1.